The summed E-state index contributed by atoms with van der Waals surface area (Å²) in [5.41, 5.74) is 5.82. The van der Waals surface area contributed by atoms with Crippen molar-refractivity contribution in [2.75, 3.05) is 18.9 Å². The maximum atomic E-state index is 12.7. The van der Waals surface area contributed by atoms with Crippen LogP contribution < -0.4 is 5.32 Å². The smallest absolute Gasteiger partial charge is 0.243 e. The van der Waals surface area contributed by atoms with Crippen molar-refractivity contribution in [1.82, 2.24) is 9.88 Å². The van der Waals surface area contributed by atoms with E-state index in [-0.39, 0.29) is 24.8 Å². The minimum absolute atomic E-state index is 0.0218. The molecule has 3 aromatic rings. The largest absolute Gasteiger partial charge is 0.358 e. The summed E-state index contributed by atoms with van der Waals surface area (Å²) >= 11 is 0. The van der Waals surface area contributed by atoms with Crippen molar-refractivity contribution < 1.29 is 9.59 Å². The van der Waals surface area contributed by atoms with E-state index in [0.717, 1.165) is 39.0 Å². The number of hydrogen-bond acceptors (Lipinski definition) is 2. The molecule has 3 rings (SSSR count). The number of carbonyl (C=O) groups is 2. The minimum atomic E-state index is -0.195. The fourth-order valence-corrected chi connectivity index (χ4v) is 3.34. The van der Waals surface area contributed by atoms with Crippen molar-refractivity contribution in [1.29, 1.82) is 0 Å². The number of benzene rings is 2. The second-order valence-corrected chi connectivity index (χ2v) is 7.02. The van der Waals surface area contributed by atoms with Crippen LogP contribution in [0, 0.1) is 20.8 Å². The van der Waals surface area contributed by atoms with Gasteiger partial charge in [0.1, 0.15) is 0 Å². The normalized spacial score (nSPS) is 10.8. The third-order valence-corrected chi connectivity index (χ3v) is 4.91. The van der Waals surface area contributed by atoms with E-state index in [1.165, 1.54) is 4.90 Å². The van der Waals surface area contributed by atoms with Crippen molar-refractivity contribution >= 4 is 28.4 Å². The van der Waals surface area contributed by atoms with E-state index in [1.807, 2.05) is 63.2 Å². The van der Waals surface area contributed by atoms with Crippen LogP contribution in [0.15, 0.2) is 42.5 Å². The molecule has 5 heteroatoms. The zero-order valence-electron chi connectivity index (χ0n) is 16.2. The van der Waals surface area contributed by atoms with Crippen LogP contribution in [0.2, 0.25) is 0 Å². The Labute approximate surface area is 159 Å². The molecule has 0 bridgehead atoms. The van der Waals surface area contributed by atoms with Gasteiger partial charge in [-0.3, -0.25) is 9.59 Å². The van der Waals surface area contributed by atoms with Gasteiger partial charge in [0.05, 0.1) is 13.0 Å². The number of likely N-dealkylation sites (N-methyl/N-ethyl adjacent to an activating group) is 1. The van der Waals surface area contributed by atoms with Gasteiger partial charge in [-0.15, -0.1) is 0 Å². The Kier molecular flexibility index (Phi) is 5.31. The zero-order chi connectivity index (χ0) is 19.6. The van der Waals surface area contributed by atoms with E-state index < -0.39 is 0 Å². The molecular weight excluding hydrogens is 338 g/mol. The Morgan fingerprint density at radius 3 is 2.37 bits per heavy atom. The van der Waals surface area contributed by atoms with Crippen molar-refractivity contribution in [3.63, 3.8) is 0 Å². The average molecular weight is 363 g/mol. The van der Waals surface area contributed by atoms with Gasteiger partial charge in [-0.2, -0.15) is 0 Å². The highest BCUT2D eigenvalue weighted by Gasteiger charge is 2.18. The van der Waals surface area contributed by atoms with Gasteiger partial charge in [0.2, 0.25) is 11.8 Å². The van der Waals surface area contributed by atoms with Crippen LogP contribution in [-0.2, 0) is 16.0 Å². The first-order valence-corrected chi connectivity index (χ1v) is 9.03. The first kappa shape index (κ1) is 18.7. The van der Waals surface area contributed by atoms with E-state index in [2.05, 4.69) is 10.3 Å². The molecule has 0 saturated carbocycles. The van der Waals surface area contributed by atoms with Crippen molar-refractivity contribution in [3.05, 3.63) is 64.8 Å². The molecule has 2 amide bonds. The third-order valence-electron chi connectivity index (χ3n) is 4.91. The molecule has 0 aliphatic rings. The quantitative estimate of drug-likeness (QED) is 0.725. The molecule has 140 valence electrons. The van der Waals surface area contributed by atoms with Crippen LogP contribution in [0.3, 0.4) is 0 Å². The van der Waals surface area contributed by atoms with Crippen molar-refractivity contribution in [2.24, 2.45) is 0 Å². The van der Waals surface area contributed by atoms with Gasteiger partial charge in [0.25, 0.3) is 0 Å². The van der Waals surface area contributed by atoms with Gasteiger partial charge in [-0.25, -0.2) is 0 Å². The molecule has 0 aliphatic carbocycles. The summed E-state index contributed by atoms with van der Waals surface area (Å²) in [5.74, 6) is -0.279. The molecule has 2 aromatic carbocycles. The summed E-state index contributed by atoms with van der Waals surface area (Å²) in [4.78, 5) is 29.8. The van der Waals surface area contributed by atoms with Crippen LogP contribution in [0.5, 0.6) is 0 Å². The molecule has 5 nitrogen and oxygen atoms in total. The molecule has 0 aliphatic heterocycles. The number of hydrogen-bond donors (Lipinski definition) is 2. The number of nitrogens with one attached hydrogen (secondary N) is 2. The highest BCUT2D eigenvalue weighted by atomic mass is 16.2. The topological polar surface area (TPSA) is 65.2 Å². The Bertz CT molecular complexity index is 984. The minimum Gasteiger partial charge on any atom is -0.358 e. The molecule has 0 fully saturated rings. The second kappa shape index (κ2) is 7.66. The van der Waals surface area contributed by atoms with E-state index >= 15 is 0 Å². The number of aromatic nitrogens is 1. The second-order valence-electron chi connectivity index (χ2n) is 7.02. The summed E-state index contributed by atoms with van der Waals surface area (Å²) in [6.07, 6.45) is 0.267. The first-order chi connectivity index (χ1) is 12.9. The Balaban J connectivity index is 1.67. The van der Waals surface area contributed by atoms with Gasteiger partial charge in [0, 0.05) is 29.3 Å². The molecule has 27 heavy (non-hydrogen) atoms. The van der Waals surface area contributed by atoms with Gasteiger partial charge < -0.3 is 15.2 Å². The summed E-state index contributed by atoms with van der Waals surface area (Å²) in [6, 6.07) is 13.8. The number of H-pyrrole nitrogens is 1. The lowest BCUT2D eigenvalue weighted by Crippen LogP contribution is -2.36. The van der Waals surface area contributed by atoms with Crippen LogP contribution in [-0.4, -0.2) is 35.3 Å². The number of rotatable bonds is 5. The molecule has 0 unspecified atom stereocenters. The van der Waals surface area contributed by atoms with Crippen LogP contribution in [0.25, 0.3) is 10.9 Å². The molecule has 1 aromatic heterocycles. The molecule has 0 atom stereocenters. The van der Waals surface area contributed by atoms with Crippen LogP contribution in [0.4, 0.5) is 5.69 Å². The zero-order valence-corrected chi connectivity index (χ0v) is 16.2. The maximum absolute atomic E-state index is 12.7. The maximum Gasteiger partial charge on any atom is 0.243 e. The Morgan fingerprint density at radius 1 is 1.00 bits per heavy atom. The SMILES string of the molecule is Cc1cccc(C)c1NC(=O)CN(C)C(=O)Cc1c(C)[nH]c2ccccc12. The summed E-state index contributed by atoms with van der Waals surface area (Å²) in [5, 5.41) is 3.98. The number of amides is 2. The molecule has 0 spiro atoms. The van der Waals surface area contributed by atoms with Gasteiger partial charge in [-0.05, 0) is 43.5 Å². The summed E-state index contributed by atoms with van der Waals surface area (Å²) in [6.45, 7) is 5.90. The number of para-hydroxylation sites is 2. The highest BCUT2D eigenvalue weighted by molar-refractivity contribution is 5.96. The number of carbonyl (C=O) groups excluding carboxylic acids is 2. The third kappa shape index (κ3) is 4.03. The number of aromatic amines is 1. The van der Waals surface area contributed by atoms with E-state index in [9.17, 15) is 9.59 Å². The van der Waals surface area contributed by atoms with E-state index in [0.29, 0.717) is 0 Å². The number of aryl methyl sites for hydroxylation is 3. The summed E-state index contributed by atoms with van der Waals surface area (Å²) in [7, 11) is 1.66. The predicted molar refractivity (Wildman–Crippen MR) is 109 cm³/mol. The summed E-state index contributed by atoms with van der Waals surface area (Å²) < 4.78 is 0. The highest BCUT2D eigenvalue weighted by Crippen LogP contribution is 2.23. The number of nitrogens with zero attached hydrogens (tertiary/aromatic N) is 1. The molecular formula is C22H25N3O2. The fraction of sp³-hybridized carbons (Fsp3) is 0.273. The van der Waals surface area contributed by atoms with Crippen molar-refractivity contribution in [2.45, 2.75) is 27.2 Å². The van der Waals surface area contributed by atoms with Crippen molar-refractivity contribution in [3.8, 4) is 0 Å². The van der Waals surface area contributed by atoms with Gasteiger partial charge in [0.15, 0.2) is 0 Å². The van der Waals surface area contributed by atoms with Crippen LogP contribution >= 0.6 is 0 Å². The van der Waals surface area contributed by atoms with Crippen LogP contribution in [0.1, 0.15) is 22.4 Å². The monoisotopic (exact) mass is 363 g/mol. The lowest BCUT2D eigenvalue weighted by molar-refractivity contribution is -0.132. The number of anilines is 1. The van der Waals surface area contributed by atoms with Gasteiger partial charge in [-0.1, -0.05) is 36.4 Å². The van der Waals surface area contributed by atoms with E-state index in [1.54, 1.807) is 7.05 Å². The predicted octanol–water partition coefficient (Wildman–Crippen LogP) is 3.73. The molecule has 0 radical (unpaired) electrons. The Hall–Kier alpha value is -3.08. The average Bonchev–Trinajstić information content (AvgIpc) is 2.94. The standard InChI is InChI=1S/C22H25N3O2/c1-14-8-7-9-15(2)22(14)24-20(26)13-25(4)21(27)12-18-16(3)23-19-11-6-5-10-17(18)19/h5-11,23H,12-13H2,1-4H3,(H,24,26). The fourth-order valence-electron chi connectivity index (χ4n) is 3.34. The van der Waals surface area contributed by atoms with E-state index in [4.69, 9.17) is 0 Å². The Morgan fingerprint density at radius 2 is 1.67 bits per heavy atom. The lowest BCUT2D eigenvalue weighted by atomic mass is 10.1. The first-order valence-electron chi connectivity index (χ1n) is 9.03. The molecule has 1 heterocycles. The lowest BCUT2D eigenvalue weighted by Gasteiger charge is -2.18. The molecule has 2 N–H and O–H groups in total. The number of fused-ring (bicyclic) bond motifs is 1. The molecule has 0 saturated heterocycles. The van der Waals surface area contributed by atoms with Gasteiger partial charge >= 0.3 is 0 Å².